The van der Waals surface area contributed by atoms with E-state index in [4.69, 9.17) is 0 Å². The summed E-state index contributed by atoms with van der Waals surface area (Å²) in [5, 5.41) is 12.2. The third-order valence-electron chi connectivity index (χ3n) is 6.45. The first kappa shape index (κ1) is 22.8. The van der Waals surface area contributed by atoms with Crippen LogP contribution in [-0.2, 0) is 21.4 Å². The standard InChI is InChI=1S/C28H24N2O4S/c1-19-25-11-4-3-8-22(25)17-29-27(19)30(18-23-10-6-9-20-7-2-5-12-26(20)23)35(33,34)24-15-13-21(14-16-24)28(31)32/h2-15,17,24H,16,18H2,1H3,(H,31,32). The van der Waals surface area contributed by atoms with Gasteiger partial charge in [0.1, 0.15) is 11.1 Å². The molecule has 1 N–H and O–H groups in total. The van der Waals surface area contributed by atoms with Crippen molar-refractivity contribution >= 4 is 43.4 Å². The van der Waals surface area contributed by atoms with Gasteiger partial charge in [-0.1, -0.05) is 85.0 Å². The fourth-order valence-corrected chi connectivity index (χ4v) is 6.25. The molecule has 0 spiro atoms. The van der Waals surface area contributed by atoms with Crippen LogP contribution in [0.3, 0.4) is 0 Å². The van der Waals surface area contributed by atoms with E-state index in [9.17, 15) is 18.3 Å². The lowest BCUT2D eigenvalue weighted by atomic mass is 10.0. The molecular formula is C28H24N2O4S. The van der Waals surface area contributed by atoms with Crippen LogP contribution in [0.1, 0.15) is 17.5 Å². The lowest BCUT2D eigenvalue weighted by molar-refractivity contribution is -0.132. The smallest absolute Gasteiger partial charge is 0.335 e. The molecule has 7 heteroatoms. The van der Waals surface area contributed by atoms with Gasteiger partial charge in [0.25, 0.3) is 0 Å². The van der Waals surface area contributed by atoms with Gasteiger partial charge in [-0.25, -0.2) is 22.5 Å². The Hall–Kier alpha value is -3.97. The molecule has 3 aromatic carbocycles. The van der Waals surface area contributed by atoms with E-state index >= 15 is 0 Å². The van der Waals surface area contributed by atoms with Crippen molar-refractivity contribution in [2.24, 2.45) is 0 Å². The average Bonchev–Trinajstić information content (AvgIpc) is 2.88. The second-order valence-electron chi connectivity index (χ2n) is 8.58. The van der Waals surface area contributed by atoms with Gasteiger partial charge in [0, 0.05) is 17.1 Å². The largest absolute Gasteiger partial charge is 0.478 e. The lowest BCUT2D eigenvalue weighted by Crippen LogP contribution is -2.39. The fraction of sp³-hybridized carbons (Fsp3) is 0.143. The molecule has 0 bridgehead atoms. The molecule has 5 rings (SSSR count). The molecule has 1 aromatic heterocycles. The molecule has 1 aliphatic rings. The molecule has 1 aliphatic carbocycles. The minimum Gasteiger partial charge on any atom is -0.478 e. The van der Waals surface area contributed by atoms with Crippen molar-refractivity contribution in [3.63, 3.8) is 0 Å². The topological polar surface area (TPSA) is 87.6 Å². The minimum atomic E-state index is -3.94. The van der Waals surface area contributed by atoms with Gasteiger partial charge in [-0.05, 0) is 35.1 Å². The Morgan fingerprint density at radius 3 is 2.40 bits per heavy atom. The summed E-state index contributed by atoms with van der Waals surface area (Å²) < 4.78 is 29.5. The van der Waals surface area contributed by atoms with Gasteiger partial charge in [0.05, 0.1) is 12.1 Å². The van der Waals surface area contributed by atoms with Crippen molar-refractivity contribution in [2.45, 2.75) is 25.1 Å². The summed E-state index contributed by atoms with van der Waals surface area (Å²) in [4.78, 5) is 15.9. The highest BCUT2D eigenvalue weighted by molar-refractivity contribution is 7.93. The third-order valence-corrected chi connectivity index (χ3v) is 8.48. The quantitative estimate of drug-likeness (QED) is 0.397. The third kappa shape index (κ3) is 4.19. The predicted molar refractivity (Wildman–Crippen MR) is 139 cm³/mol. The number of allylic oxidation sites excluding steroid dienone is 1. The number of fused-ring (bicyclic) bond motifs is 2. The van der Waals surface area contributed by atoms with Crippen molar-refractivity contribution in [2.75, 3.05) is 4.31 Å². The second kappa shape index (κ2) is 9.00. The number of sulfonamides is 1. The zero-order valence-corrected chi connectivity index (χ0v) is 19.9. The van der Waals surface area contributed by atoms with E-state index < -0.39 is 21.2 Å². The van der Waals surface area contributed by atoms with Gasteiger partial charge >= 0.3 is 5.97 Å². The van der Waals surface area contributed by atoms with Crippen LogP contribution in [0.4, 0.5) is 5.82 Å². The Morgan fingerprint density at radius 1 is 1.00 bits per heavy atom. The number of carbonyl (C=O) groups is 1. The zero-order chi connectivity index (χ0) is 24.6. The van der Waals surface area contributed by atoms with Crippen LogP contribution in [-0.4, -0.2) is 29.7 Å². The van der Waals surface area contributed by atoms with Crippen LogP contribution in [0.15, 0.2) is 96.7 Å². The monoisotopic (exact) mass is 484 g/mol. The van der Waals surface area contributed by atoms with E-state index in [1.165, 1.54) is 22.5 Å². The number of carboxylic acids is 1. The highest BCUT2D eigenvalue weighted by Crippen LogP contribution is 2.33. The van der Waals surface area contributed by atoms with Gasteiger partial charge < -0.3 is 5.11 Å². The van der Waals surface area contributed by atoms with Crippen molar-refractivity contribution < 1.29 is 18.3 Å². The fourth-order valence-electron chi connectivity index (χ4n) is 4.56. The summed E-state index contributed by atoms with van der Waals surface area (Å²) in [5.41, 5.74) is 1.73. The first-order valence-electron chi connectivity index (χ1n) is 11.3. The number of anilines is 1. The number of aromatic nitrogens is 1. The molecule has 0 saturated heterocycles. The molecule has 0 aliphatic heterocycles. The van der Waals surface area contributed by atoms with E-state index in [1.54, 1.807) is 6.20 Å². The maximum Gasteiger partial charge on any atom is 0.335 e. The number of aliphatic carboxylic acids is 1. The van der Waals surface area contributed by atoms with Crippen LogP contribution in [0.25, 0.3) is 21.5 Å². The van der Waals surface area contributed by atoms with Crippen LogP contribution in [0, 0.1) is 6.92 Å². The van der Waals surface area contributed by atoms with Crippen molar-refractivity contribution in [1.29, 1.82) is 0 Å². The maximum atomic E-state index is 14.0. The Kier molecular flexibility index (Phi) is 5.86. The van der Waals surface area contributed by atoms with Gasteiger partial charge in [-0.15, -0.1) is 0 Å². The molecular weight excluding hydrogens is 460 g/mol. The second-order valence-corrected chi connectivity index (χ2v) is 10.7. The van der Waals surface area contributed by atoms with E-state index in [-0.39, 0.29) is 18.5 Å². The summed E-state index contributed by atoms with van der Waals surface area (Å²) in [6.45, 7) is 1.99. The molecule has 1 atom stereocenters. The van der Waals surface area contributed by atoms with Gasteiger partial charge in [0.15, 0.2) is 0 Å². The molecule has 0 fully saturated rings. The van der Waals surface area contributed by atoms with Gasteiger partial charge in [0.2, 0.25) is 10.0 Å². The predicted octanol–water partition coefficient (Wildman–Crippen LogP) is 5.37. The average molecular weight is 485 g/mol. The molecule has 1 heterocycles. The zero-order valence-electron chi connectivity index (χ0n) is 19.1. The summed E-state index contributed by atoms with van der Waals surface area (Å²) in [6, 6.07) is 21.5. The highest BCUT2D eigenvalue weighted by Gasteiger charge is 2.34. The molecule has 4 aromatic rings. The first-order valence-corrected chi connectivity index (χ1v) is 12.8. The molecule has 0 saturated carbocycles. The Bertz CT molecular complexity index is 1620. The van der Waals surface area contributed by atoms with Crippen molar-refractivity contribution in [1.82, 2.24) is 4.98 Å². The number of rotatable bonds is 6. The number of aryl methyl sites for hydroxylation is 1. The van der Waals surface area contributed by atoms with Crippen LogP contribution in [0.2, 0.25) is 0 Å². The van der Waals surface area contributed by atoms with E-state index in [1.807, 2.05) is 73.7 Å². The van der Waals surface area contributed by atoms with E-state index in [0.29, 0.717) is 5.82 Å². The number of pyridine rings is 1. The summed E-state index contributed by atoms with van der Waals surface area (Å²) in [5.74, 6) is -0.699. The first-order chi connectivity index (χ1) is 16.9. The van der Waals surface area contributed by atoms with E-state index in [2.05, 4.69) is 4.98 Å². The van der Waals surface area contributed by atoms with Gasteiger partial charge in [-0.3, -0.25) is 0 Å². The minimum absolute atomic E-state index is 0.0825. The highest BCUT2D eigenvalue weighted by atomic mass is 32.2. The molecule has 0 radical (unpaired) electrons. The van der Waals surface area contributed by atoms with Crippen LogP contribution >= 0.6 is 0 Å². The normalized spacial score (nSPS) is 15.8. The Morgan fingerprint density at radius 2 is 1.69 bits per heavy atom. The van der Waals surface area contributed by atoms with Crippen molar-refractivity contribution in [3.05, 3.63) is 108 Å². The van der Waals surface area contributed by atoms with Crippen LogP contribution in [0.5, 0.6) is 0 Å². The number of carboxylic acid groups (broad SMARTS) is 1. The molecule has 6 nitrogen and oxygen atoms in total. The van der Waals surface area contributed by atoms with E-state index in [0.717, 1.165) is 32.7 Å². The van der Waals surface area contributed by atoms with Gasteiger partial charge in [-0.2, -0.15) is 0 Å². The van der Waals surface area contributed by atoms with Crippen LogP contribution < -0.4 is 4.31 Å². The van der Waals surface area contributed by atoms with Crippen molar-refractivity contribution in [3.8, 4) is 0 Å². The number of hydrogen-bond donors (Lipinski definition) is 1. The SMILES string of the molecule is Cc1c(N(Cc2cccc3ccccc23)S(=O)(=O)C2C=CC(C(=O)O)=CC2)ncc2ccccc12. The number of benzene rings is 3. The molecule has 0 amide bonds. The number of hydrogen-bond acceptors (Lipinski definition) is 4. The molecule has 35 heavy (non-hydrogen) atoms. The molecule has 176 valence electrons. The summed E-state index contributed by atoms with van der Waals surface area (Å²) in [6.07, 6.45) is 6.07. The summed E-state index contributed by atoms with van der Waals surface area (Å²) in [7, 11) is -3.94. The summed E-state index contributed by atoms with van der Waals surface area (Å²) >= 11 is 0. The molecule has 1 unspecified atom stereocenters. The lowest BCUT2D eigenvalue weighted by Gasteiger charge is -2.29. The Balaban J connectivity index is 1.64. The maximum absolute atomic E-state index is 14.0. The number of nitrogens with zero attached hydrogens (tertiary/aromatic N) is 2. The Labute approximate surface area is 203 Å².